The Morgan fingerprint density at radius 3 is 2.12 bits per heavy atom. The van der Waals surface area contributed by atoms with Gasteiger partial charge in [-0.15, -0.1) is 0 Å². The second kappa shape index (κ2) is 10.0. The lowest BCUT2D eigenvalue weighted by molar-refractivity contribution is -0.135. The maximum absolute atomic E-state index is 12.6. The predicted octanol–water partition coefficient (Wildman–Crippen LogP) is 2.87. The first kappa shape index (κ1) is 23.6. The third-order valence-corrected chi connectivity index (χ3v) is 6.80. The summed E-state index contributed by atoms with van der Waals surface area (Å²) in [4.78, 5) is 26.6. The molecule has 3 rings (SSSR count). The molecule has 8 nitrogen and oxygen atoms in total. The van der Waals surface area contributed by atoms with Gasteiger partial charge in [-0.05, 0) is 61.4 Å². The smallest absolute Gasteiger partial charge is 0.261 e. The maximum Gasteiger partial charge on any atom is 0.261 e. The van der Waals surface area contributed by atoms with Crippen molar-refractivity contribution in [2.45, 2.75) is 37.6 Å². The van der Waals surface area contributed by atoms with Crippen molar-refractivity contribution in [3.63, 3.8) is 0 Å². The monoisotopic (exact) mass is 459 g/mol. The van der Waals surface area contributed by atoms with Crippen LogP contribution in [0, 0.1) is 5.92 Å². The SMILES string of the molecule is COc1ccc(NS(=O)(=O)c2ccc(C(=O)NC3CCN(C(=O)C(C)C)CC3)cc2)cc1. The number of carbonyl (C=O) groups is 2. The minimum atomic E-state index is -3.78. The van der Waals surface area contributed by atoms with Crippen LogP contribution in [0.4, 0.5) is 5.69 Å². The molecule has 0 aromatic heterocycles. The van der Waals surface area contributed by atoms with E-state index >= 15 is 0 Å². The second-order valence-electron chi connectivity index (χ2n) is 8.09. The minimum absolute atomic E-state index is 0.0149. The van der Waals surface area contributed by atoms with Crippen molar-refractivity contribution in [1.29, 1.82) is 0 Å². The summed E-state index contributed by atoms with van der Waals surface area (Å²) in [6.45, 7) is 5.01. The highest BCUT2D eigenvalue weighted by molar-refractivity contribution is 7.92. The molecule has 172 valence electrons. The highest BCUT2D eigenvalue weighted by Gasteiger charge is 2.25. The molecule has 9 heteroatoms. The molecule has 1 heterocycles. The molecule has 0 atom stereocenters. The summed E-state index contributed by atoms with van der Waals surface area (Å²) >= 11 is 0. The summed E-state index contributed by atoms with van der Waals surface area (Å²) in [6.07, 6.45) is 1.39. The first-order valence-corrected chi connectivity index (χ1v) is 12.0. The van der Waals surface area contributed by atoms with Gasteiger partial charge in [-0.2, -0.15) is 0 Å². The Morgan fingerprint density at radius 2 is 1.59 bits per heavy atom. The molecule has 0 spiro atoms. The number of hydrogen-bond donors (Lipinski definition) is 2. The molecule has 2 aromatic carbocycles. The molecule has 2 aromatic rings. The first-order chi connectivity index (χ1) is 15.2. The van der Waals surface area contributed by atoms with Crippen molar-refractivity contribution >= 4 is 27.5 Å². The van der Waals surface area contributed by atoms with Gasteiger partial charge in [0.2, 0.25) is 5.91 Å². The van der Waals surface area contributed by atoms with Crippen LogP contribution in [0.3, 0.4) is 0 Å². The molecule has 1 aliphatic heterocycles. The van der Waals surface area contributed by atoms with Gasteiger partial charge in [0.15, 0.2) is 0 Å². The summed E-state index contributed by atoms with van der Waals surface area (Å²) in [6, 6.07) is 12.3. The van der Waals surface area contributed by atoms with Gasteiger partial charge in [0.1, 0.15) is 5.75 Å². The van der Waals surface area contributed by atoms with E-state index in [1.807, 2.05) is 18.7 Å². The van der Waals surface area contributed by atoms with Crippen LogP contribution in [0.25, 0.3) is 0 Å². The molecule has 2 amide bonds. The zero-order valence-corrected chi connectivity index (χ0v) is 19.3. The quantitative estimate of drug-likeness (QED) is 0.663. The van der Waals surface area contributed by atoms with Crippen LogP contribution in [0.5, 0.6) is 5.75 Å². The Hall–Kier alpha value is -3.07. The summed E-state index contributed by atoms with van der Waals surface area (Å²) in [5.74, 6) is 0.469. The second-order valence-corrected chi connectivity index (χ2v) is 9.77. The Balaban J connectivity index is 1.57. The summed E-state index contributed by atoms with van der Waals surface area (Å²) in [7, 11) is -2.25. The van der Waals surface area contributed by atoms with Crippen LogP contribution < -0.4 is 14.8 Å². The van der Waals surface area contributed by atoms with Crippen LogP contribution in [0.2, 0.25) is 0 Å². The van der Waals surface area contributed by atoms with Crippen LogP contribution in [-0.4, -0.2) is 51.4 Å². The summed E-state index contributed by atoms with van der Waals surface area (Å²) < 4.78 is 32.8. The van der Waals surface area contributed by atoms with E-state index in [0.717, 1.165) is 0 Å². The van der Waals surface area contributed by atoms with Gasteiger partial charge in [0.25, 0.3) is 15.9 Å². The number of carbonyl (C=O) groups excluding carboxylic acids is 2. The van der Waals surface area contributed by atoms with Crippen molar-refractivity contribution in [3.8, 4) is 5.75 Å². The number of nitrogens with zero attached hydrogens (tertiary/aromatic N) is 1. The van der Waals surface area contributed by atoms with E-state index in [9.17, 15) is 18.0 Å². The van der Waals surface area contributed by atoms with Gasteiger partial charge in [-0.3, -0.25) is 14.3 Å². The number of hydrogen-bond acceptors (Lipinski definition) is 5. The number of benzene rings is 2. The Morgan fingerprint density at radius 1 is 1.00 bits per heavy atom. The molecule has 0 bridgehead atoms. The largest absolute Gasteiger partial charge is 0.497 e. The number of nitrogens with one attached hydrogen (secondary N) is 2. The van der Waals surface area contributed by atoms with Crippen molar-refractivity contribution in [2.24, 2.45) is 5.92 Å². The number of sulfonamides is 1. The third kappa shape index (κ3) is 5.79. The maximum atomic E-state index is 12.6. The Kier molecular flexibility index (Phi) is 7.40. The molecule has 0 radical (unpaired) electrons. The zero-order valence-electron chi connectivity index (χ0n) is 18.5. The highest BCUT2D eigenvalue weighted by atomic mass is 32.2. The van der Waals surface area contributed by atoms with Gasteiger partial charge < -0.3 is 15.0 Å². The molecule has 1 aliphatic rings. The van der Waals surface area contributed by atoms with Crippen molar-refractivity contribution in [2.75, 3.05) is 24.9 Å². The molecule has 1 fully saturated rings. The van der Waals surface area contributed by atoms with E-state index < -0.39 is 10.0 Å². The number of amides is 2. The lowest BCUT2D eigenvalue weighted by Gasteiger charge is -2.33. The van der Waals surface area contributed by atoms with Gasteiger partial charge in [0.05, 0.1) is 12.0 Å². The van der Waals surface area contributed by atoms with Crippen molar-refractivity contribution in [1.82, 2.24) is 10.2 Å². The Labute approximate surface area is 189 Å². The number of likely N-dealkylation sites (tertiary alicyclic amines) is 1. The minimum Gasteiger partial charge on any atom is -0.497 e. The van der Waals surface area contributed by atoms with Gasteiger partial charge in [0, 0.05) is 36.3 Å². The average Bonchev–Trinajstić information content (AvgIpc) is 2.79. The predicted molar refractivity (Wildman–Crippen MR) is 122 cm³/mol. The molecule has 0 saturated carbocycles. The fourth-order valence-electron chi connectivity index (χ4n) is 3.54. The topological polar surface area (TPSA) is 105 Å². The van der Waals surface area contributed by atoms with Crippen molar-refractivity contribution < 1.29 is 22.7 Å². The van der Waals surface area contributed by atoms with Crippen LogP contribution in [0.1, 0.15) is 37.0 Å². The van der Waals surface area contributed by atoms with Crippen LogP contribution in [0.15, 0.2) is 53.4 Å². The fourth-order valence-corrected chi connectivity index (χ4v) is 4.60. The number of rotatable bonds is 7. The lowest BCUT2D eigenvalue weighted by Crippen LogP contribution is -2.47. The van der Waals surface area contributed by atoms with Gasteiger partial charge in [-0.1, -0.05) is 13.8 Å². The molecule has 1 saturated heterocycles. The van der Waals surface area contributed by atoms with E-state index in [-0.39, 0.29) is 28.7 Å². The summed E-state index contributed by atoms with van der Waals surface area (Å²) in [5, 5.41) is 2.98. The van der Waals surface area contributed by atoms with Gasteiger partial charge >= 0.3 is 0 Å². The zero-order chi connectivity index (χ0) is 23.3. The average molecular weight is 460 g/mol. The van der Waals surface area contributed by atoms with E-state index in [1.54, 1.807) is 24.3 Å². The lowest BCUT2D eigenvalue weighted by atomic mass is 10.0. The van der Waals surface area contributed by atoms with E-state index in [4.69, 9.17) is 4.74 Å². The third-order valence-electron chi connectivity index (χ3n) is 5.40. The fraction of sp³-hybridized carbons (Fsp3) is 0.391. The number of methoxy groups -OCH3 is 1. The molecular formula is C23H29N3O5S. The standard InChI is InChI=1S/C23H29N3O5S/c1-16(2)23(28)26-14-12-18(13-15-26)24-22(27)17-4-10-21(11-5-17)32(29,30)25-19-6-8-20(31-3)9-7-19/h4-11,16,18,25H,12-15H2,1-3H3,(H,24,27). The van der Waals surface area contributed by atoms with Gasteiger partial charge in [-0.25, -0.2) is 8.42 Å². The molecule has 0 aliphatic carbocycles. The highest BCUT2D eigenvalue weighted by Crippen LogP contribution is 2.20. The molecule has 2 N–H and O–H groups in total. The molecular weight excluding hydrogens is 430 g/mol. The van der Waals surface area contributed by atoms with Crippen molar-refractivity contribution in [3.05, 3.63) is 54.1 Å². The van der Waals surface area contributed by atoms with E-state index in [0.29, 0.717) is 42.9 Å². The molecule has 0 unspecified atom stereocenters. The van der Waals surface area contributed by atoms with Crippen LogP contribution >= 0.6 is 0 Å². The van der Waals surface area contributed by atoms with E-state index in [1.165, 1.54) is 31.4 Å². The Bertz CT molecular complexity index is 1040. The summed E-state index contributed by atoms with van der Waals surface area (Å²) in [5.41, 5.74) is 0.795. The normalized spacial score (nSPS) is 14.8. The molecule has 32 heavy (non-hydrogen) atoms. The number of anilines is 1. The van der Waals surface area contributed by atoms with E-state index in [2.05, 4.69) is 10.0 Å². The number of piperidine rings is 1. The number of ether oxygens (including phenoxy) is 1. The van der Waals surface area contributed by atoms with Crippen LogP contribution in [-0.2, 0) is 14.8 Å². The first-order valence-electron chi connectivity index (χ1n) is 10.6.